The number of aromatic nitrogens is 3. The van der Waals surface area contributed by atoms with Gasteiger partial charge in [0, 0.05) is 12.0 Å². The van der Waals surface area contributed by atoms with Gasteiger partial charge in [-0.15, -0.1) is 5.10 Å². The fraction of sp³-hybridized carbons (Fsp3) is 0.848. The van der Waals surface area contributed by atoms with Crippen molar-refractivity contribution in [3.8, 4) is 0 Å². The lowest BCUT2D eigenvalue weighted by Gasteiger charge is -2.73. The minimum atomic E-state index is -0.416. The maximum absolute atomic E-state index is 12.8. The summed E-state index contributed by atoms with van der Waals surface area (Å²) in [6.45, 7) is 19.6. The van der Waals surface area contributed by atoms with Gasteiger partial charge in [0.15, 0.2) is 0 Å². The average molecular weight is 538 g/mol. The van der Waals surface area contributed by atoms with E-state index in [9.17, 15) is 9.90 Å². The van der Waals surface area contributed by atoms with Crippen LogP contribution in [0.3, 0.4) is 0 Å². The van der Waals surface area contributed by atoms with Crippen LogP contribution in [-0.4, -0.2) is 38.7 Å². The molecule has 0 bridgehead atoms. The first kappa shape index (κ1) is 27.5. The number of carbonyl (C=O) groups is 1. The Balaban J connectivity index is 1.30. The molecule has 5 fully saturated rings. The summed E-state index contributed by atoms with van der Waals surface area (Å²) in [6, 6.07) is 0. The van der Waals surface area contributed by atoms with Gasteiger partial charge in [-0.2, -0.15) is 4.68 Å². The molecule has 0 aliphatic heterocycles. The summed E-state index contributed by atoms with van der Waals surface area (Å²) >= 11 is 0. The molecule has 0 spiro atoms. The number of hydrogen-bond acceptors (Lipinski definition) is 5. The van der Waals surface area contributed by atoms with E-state index in [0.29, 0.717) is 36.2 Å². The fourth-order valence-corrected chi connectivity index (χ4v) is 12.2. The molecule has 5 aliphatic rings. The van der Waals surface area contributed by atoms with Crippen LogP contribution >= 0.6 is 0 Å². The summed E-state index contributed by atoms with van der Waals surface area (Å²) in [6.07, 6.45) is 14.1. The molecule has 1 aromatic rings. The van der Waals surface area contributed by atoms with Crippen LogP contribution < -0.4 is 0 Å². The Morgan fingerprint density at radius 2 is 1.74 bits per heavy atom. The topological polar surface area (TPSA) is 77.2 Å². The summed E-state index contributed by atoms with van der Waals surface area (Å²) < 4.78 is 7.32. The van der Waals surface area contributed by atoms with Crippen LogP contribution in [0, 0.1) is 56.7 Å². The van der Waals surface area contributed by atoms with Crippen LogP contribution in [0.15, 0.2) is 24.8 Å². The van der Waals surface area contributed by atoms with Crippen molar-refractivity contribution in [2.45, 2.75) is 112 Å². The summed E-state index contributed by atoms with van der Waals surface area (Å²) in [5, 5.41) is 14.7. The van der Waals surface area contributed by atoms with Crippen molar-refractivity contribution in [1.29, 1.82) is 0 Å². The Morgan fingerprint density at radius 1 is 0.974 bits per heavy atom. The van der Waals surface area contributed by atoms with Crippen molar-refractivity contribution in [3.05, 3.63) is 24.8 Å². The van der Waals surface area contributed by atoms with Crippen molar-refractivity contribution in [2.24, 2.45) is 56.7 Å². The lowest BCUT2D eigenvalue weighted by Crippen LogP contribution is -2.67. The Bertz CT molecular complexity index is 1130. The van der Waals surface area contributed by atoms with Crippen molar-refractivity contribution >= 4 is 6.09 Å². The van der Waals surface area contributed by atoms with Gasteiger partial charge in [0.2, 0.25) is 0 Å². The van der Waals surface area contributed by atoms with E-state index in [1.165, 1.54) is 74.3 Å². The number of aliphatic hydroxyl groups is 1. The Morgan fingerprint density at radius 3 is 2.41 bits per heavy atom. The van der Waals surface area contributed by atoms with Crippen molar-refractivity contribution < 1.29 is 14.6 Å². The van der Waals surface area contributed by atoms with E-state index in [1.807, 2.05) is 0 Å². The van der Waals surface area contributed by atoms with Gasteiger partial charge in [0.1, 0.15) is 18.8 Å². The number of fused-ring (bicyclic) bond motifs is 7. The monoisotopic (exact) mass is 537 g/mol. The highest BCUT2D eigenvalue weighted by Crippen LogP contribution is 2.77. The quantitative estimate of drug-likeness (QED) is 0.410. The normalized spacial score (nSPS) is 48.3. The highest BCUT2D eigenvalue weighted by atomic mass is 16.6. The van der Waals surface area contributed by atoms with Gasteiger partial charge < -0.3 is 9.84 Å². The van der Waals surface area contributed by atoms with Crippen LogP contribution in [0.1, 0.15) is 106 Å². The molecule has 5 saturated carbocycles. The molecule has 5 aliphatic carbocycles. The predicted molar refractivity (Wildman–Crippen MR) is 152 cm³/mol. The first-order valence-electron chi connectivity index (χ1n) is 15.7. The molecule has 4 unspecified atom stereocenters. The third-order valence-electron chi connectivity index (χ3n) is 14.3. The van der Waals surface area contributed by atoms with E-state index in [1.54, 1.807) is 0 Å². The first-order chi connectivity index (χ1) is 18.3. The zero-order valence-corrected chi connectivity index (χ0v) is 25.2. The molecule has 10 atom stereocenters. The standard InChI is InChI=1S/C33H51N3O3/c1-21(2)22-10-15-33(18-37)17-16-31(6)23(27(22)33)8-9-25-30(5)13-12-26(39-28(38)36-20-34-19-35-36)29(3,4)24(30)11-14-32(25,31)7/h19-20,22-27,37H,1,8-18H2,2-7H3/t22-,23?,24?,25?,26-,27?,30-,31+,32+,33+/m0/s1. The second-order valence-corrected chi connectivity index (χ2v) is 15.8. The zero-order valence-electron chi connectivity index (χ0n) is 25.2. The summed E-state index contributed by atoms with van der Waals surface area (Å²) in [7, 11) is 0. The second-order valence-electron chi connectivity index (χ2n) is 15.8. The van der Waals surface area contributed by atoms with E-state index in [0.717, 1.165) is 12.8 Å². The maximum Gasteiger partial charge on any atom is 0.436 e. The molecule has 0 aromatic carbocycles. The molecule has 1 N–H and O–H groups in total. The highest BCUT2D eigenvalue weighted by Gasteiger charge is 2.71. The molecule has 0 saturated heterocycles. The summed E-state index contributed by atoms with van der Waals surface area (Å²) in [5.74, 6) is 2.98. The van der Waals surface area contributed by atoms with E-state index < -0.39 is 6.09 Å². The minimum absolute atomic E-state index is 0.0998. The van der Waals surface area contributed by atoms with E-state index in [4.69, 9.17) is 4.74 Å². The maximum atomic E-state index is 12.8. The number of ether oxygens (including phenoxy) is 1. The molecule has 216 valence electrons. The molecular formula is C33H51N3O3. The molecule has 6 nitrogen and oxygen atoms in total. The summed E-state index contributed by atoms with van der Waals surface area (Å²) in [5.41, 5.74) is 2.14. The van der Waals surface area contributed by atoms with Crippen molar-refractivity contribution in [2.75, 3.05) is 6.61 Å². The highest BCUT2D eigenvalue weighted by molar-refractivity contribution is 5.69. The van der Waals surface area contributed by atoms with Gasteiger partial charge in [-0.05, 0) is 122 Å². The predicted octanol–water partition coefficient (Wildman–Crippen LogP) is 7.28. The lowest BCUT2D eigenvalue weighted by molar-refractivity contribution is -0.249. The van der Waals surface area contributed by atoms with Gasteiger partial charge in [0.25, 0.3) is 0 Å². The van der Waals surface area contributed by atoms with Crippen LogP contribution in [0.4, 0.5) is 4.79 Å². The van der Waals surface area contributed by atoms with E-state index >= 15 is 0 Å². The number of allylic oxidation sites excluding steroid dienone is 1. The number of rotatable bonds is 3. The molecule has 0 radical (unpaired) electrons. The van der Waals surface area contributed by atoms with Crippen LogP contribution in [0.2, 0.25) is 0 Å². The molecule has 6 heteroatoms. The smallest absolute Gasteiger partial charge is 0.436 e. The first-order valence-corrected chi connectivity index (χ1v) is 15.7. The molecule has 39 heavy (non-hydrogen) atoms. The molecule has 1 aromatic heterocycles. The van der Waals surface area contributed by atoms with E-state index in [2.05, 4.69) is 58.2 Å². The molecule has 6 rings (SSSR count). The van der Waals surface area contributed by atoms with Gasteiger partial charge in [-0.1, -0.05) is 46.8 Å². The Kier molecular flexibility index (Phi) is 6.27. The lowest BCUT2D eigenvalue weighted by atomic mass is 9.32. The van der Waals surface area contributed by atoms with Gasteiger partial charge in [0.05, 0.1) is 0 Å². The van der Waals surface area contributed by atoms with Gasteiger partial charge in [-0.3, -0.25) is 0 Å². The van der Waals surface area contributed by atoms with Crippen molar-refractivity contribution in [3.63, 3.8) is 0 Å². The third-order valence-corrected chi connectivity index (χ3v) is 14.3. The van der Waals surface area contributed by atoms with Crippen LogP contribution in [0.25, 0.3) is 0 Å². The number of hydrogen-bond donors (Lipinski definition) is 1. The third kappa shape index (κ3) is 3.58. The zero-order chi connectivity index (χ0) is 28.0. The largest absolute Gasteiger partial charge is 0.444 e. The van der Waals surface area contributed by atoms with Gasteiger partial charge >= 0.3 is 6.09 Å². The van der Waals surface area contributed by atoms with Gasteiger partial charge in [-0.25, -0.2) is 9.78 Å². The molecule has 1 heterocycles. The SMILES string of the molecule is C=C(C)[C@@H]1CC[C@]2(CO)CC[C@]3(C)C(CCC4[C@@]5(C)CC[C@H](OC(=O)n6cncn6)C(C)(C)C5CC[C@]43C)C12. The average Bonchev–Trinajstić information content (AvgIpc) is 3.55. The number of nitrogens with zero attached hydrogens (tertiary/aromatic N) is 3. The van der Waals surface area contributed by atoms with Crippen LogP contribution in [-0.2, 0) is 4.74 Å². The van der Waals surface area contributed by atoms with Crippen molar-refractivity contribution in [1.82, 2.24) is 14.8 Å². The number of aliphatic hydroxyl groups excluding tert-OH is 1. The molecule has 0 amide bonds. The number of carbonyl (C=O) groups excluding carboxylic acids is 1. The molecular weight excluding hydrogens is 486 g/mol. The Hall–Kier alpha value is -1.69. The summed E-state index contributed by atoms with van der Waals surface area (Å²) in [4.78, 5) is 16.7. The van der Waals surface area contributed by atoms with Crippen LogP contribution in [0.5, 0.6) is 0 Å². The fourth-order valence-electron chi connectivity index (χ4n) is 12.2. The Labute approximate surface area is 235 Å². The van der Waals surface area contributed by atoms with E-state index in [-0.39, 0.29) is 33.2 Å². The second kappa shape index (κ2) is 8.90. The minimum Gasteiger partial charge on any atom is -0.444 e.